The molecule has 0 bridgehead atoms. The van der Waals surface area contributed by atoms with Gasteiger partial charge in [-0.2, -0.15) is 0 Å². The van der Waals surface area contributed by atoms with E-state index in [4.69, 9.17) is 23.2 Å². The van der Waals surface area contributed by atoms with Gasteiger partial charge in [0.1, 0.15) is 0 Å². The first-order valence-electron chi connectivity index (χ1n) is 4.62. The van der Waals surface area contributed by atoms with E-state index >= 15 is 0 Å². The third-order valence-electron chi connectivity index (χ3n) is 2.34. The molecule has 3 heteroatoms. The molecule has 0 radical (unpaired) electrons. The quantitative estimate of drug-likeness (QED) is 0.776. The van der Waals surface area contributed by atoms with E-state index < -0.39 is 0 Å². The predicted octanol–water partition coefficient (Wildman–Crippen LogP) is 3.37. The van der Waals surface area contributed by atoms with Crippen molar-refractivity contribution in [1.82, 2.24) is 5.32 Å². The fourth-order valence-electron chi connectivity index (χ4n) is 1.62. The fourth-order valence-corrected chi connectivity index (χ4v) is 2.15. The molecule has 2 rings (SSSR count). The van der Waals surface area contributed by atoms with Gasteiger partial charge in [-0.3, -0.25) is 0 Å². The van der Waals surface area contributed by atoms with Crippen LogP contribution in [0.2, 0.25) is 10.0 Å². The summed E-state index contributed by atoms with van der Waals surface area (Å²) in [5.41, 5.74) is 2.42. The van der Waals surface area contributed by atoms with E-state index in [9.17, 15) is 0 Å². The Balaban J connectivity index is 2.35. The zero-order chi connectivity index (χ0) is 9.97. The van der Waals surface area contributed by atoms with Gasteiger partial charge in [0.05, 0.1) is 0 Å². The van der Waals surface area contributed by atoms with Crippen LogP contribution in [-0.2, 0) is 0 Å². The summed E-state index contributed by atoms with van der Waals surface area (Å²) >= 11 is 12.0. The van der Waals surface area contributed by atoms with Crippen molar-refractivity contribution in [3.05, 3.63) is 39.9 Å². The van der Waals surface area contributed by atoms with E-state index in [0.29, 0.717) is 5.02 Å². The maximum Gasteiger partial charge on any atom is 0.0495 e. The first kappa shape index (κ1) is 10.0. The highest BCUT2D eigenvalue weighted by atomic mass is 35.5. The van der Waals surface area contributed by atoms with Crippen LogP contribution in [-0.4, -0.2) is 13.1 Å². The molecule has 1 nitrogen and oxygen atoms in total. The maximum atomic E-state index is 6.12. The van der Waals surface area contributed by atoms with E-state index in [1.807, 2.05) is 12.1 Å². The molecule has 1 aliphatic rings. The van der Waals surface area contributed by atoms with Crippen LogP contribution < -0.4 is 5.32 Å². The molecule has 0 aromatic heterocycles. The van der Waals surface area contributed by atoms with Crippen molar-refractivity contribution in [2.75, 3.05) is 13.1 Å². The van der Waals surface area contributed by atoms with Gasteiger partial charge in [-0.1, -0.05) is 35.3 Å². The zero-order valence-corrected chi connectivity index (χ0v) is 9.20. The highest BCUT2D eigenvalue weighted by Crippen LogP contribution is 2.29. The van der Waals surface area contributed by atoms with Gasteiger partial charge in [0.15, 0.2) is 0 Å². The molecule has 0 aliphatic carbocycles. The van der Waals surface area contributed by atoms with Gasteiger partial charge < -0.3 is 5.32 Å². The average molecular weight is 228 g/mol. The van der Waals surface area contributed by atoms with Crippen molar-refractivity contribution < 1.29 is 0 Å². The monoisotopic (exact) mass is 227 g/mol. The van der Waals surface area contributed by atoms with Crippen LogP contribution in [0.5, 0.6) is 0 Å². The van der Waals surface area contributed by atoms with Crippen LogP contribution >= 0.6 is 23.2 Å². The summed E-state index contributed by atoms with van der Waals surface area (Å²) in [4.78, 5) is 0. The molecular formula is C11H11Cl2N. The van der Waals surface area contributed by atoms with E-state index in [-0.39, 0.29) is 0 Å². The smallest absolute Gasteiger partial charge is 0.0495 e. The minimum absolute atomic E-state index is 0.688. The first-order valence-corrected chi connectivity index (χ1v) is 5.38. The van der Waals surface area contributed by atoms with Gasteiger partial charge in [-0.25, -0.2) is 0 Å². The Morgan fingerprint density at radius 1 is 1.21 bits per heavy atom. The standard InChI is InChI=1S/C11H11Cl2N/c12-9-1-2-10(11(13)7-9)8-3-5-14-6-4-8/h1-3,7,14H,4-6H2. The van der Waals surface area contributed by atoms with Gasteiger partial charge in [0.25, 0.3) is 0 Å². The molecule has 0 saturated carbocycles. The van der Waals surface area contributed by atoms with Crippen molar-refractivity contribution in [2.45, 2.75) is 6.42 Å². The van der Waals surface area contributed by atoms with Crippen LogP contribution in [0.4, 0.5) is 0 Å². The minimum atomic E-state index is 0.688. The second-order valence-electron chi connectivity index (χ2n) is 3.31. The topological polar surface area (TPSA) is 12.0 Å². The molecular weight excluding hydrogens is 217 g/mol. The van der Waals surface area contributed by atoms with Crippen LogP contribution in [0.25, 0.3) is 5.57 Å². The third-order valence-corrected chi connectivity index (χ3v) is 2.89. The second kappa shape index (κ2) is 4.35. The van der Waals surface area contributed by atoms with Crippen LogP contribution in [0.3, 0.4) is 0 Å². The molecule has 0 fully saturated rings. The van der Waals surface area contributed by atoms with E-state index in [0.717, 1.165) is 30.1 Å². The molecule has 1 N–H and O–H groups in total. The first-order chi connectivity index (χ1) is 6.77. The van der Waals surface area contributed by atoms with Crippen molar-refractivity contribution in [3.8, 4) is 0 Å². The lowest BCUT2D eigenvalue weighted by atomic mass is 10.0. The summed E-state index contributed by atoms with van der Waals surface area (Å²) in [5, 5.41) is 4.70. The lowest BCUT2D eigenvalue weighted by Gasteiger charge is -2.15. The van der Waals surface area contributed by atoms with E-state index in [2.05, 4.69) is 11.4 Å². The number of hydrogen-bond donors (Lipinski definition) is 1. The van der Waals surface area contributed by atoms with Crippen LogP contribution in [0.1, 0.15) is 12.0 Å². The number of halogens is 2. The highest BCUT2D eigenvalue weighted by Gasteiger charge is 2.09. The Kier molecular flexibility index (Phi) is 3.12. The summed E-state index contributed by atoms with van der Waals surface area (Å²) in [6.45, 7) is 1.94. The minimum Gasteiger partial charge on any atom is -0.313 e. The Morgan fingerprint density at radius 2 is 2.07 bits per heavy atom. The number of nitrogens with one attached hydrogen (secondary N) is 1. The highest BCUT2D eigenvalue weighted by molar-refractivity contribution is 6.35. The summed E-state index contributed by atoms with van der Waals surface area (Å²) in [5.74, 6) is 0. The molecule has 1 aromatic carbocycles. The molecule has 14 heavy (non-hydrogen) atoms. The lowest BCUT2D eigenvalue weighted by molar-refractivity contribution is 0.738. The zero-order valence-electron chi connectivity index (χ0n) is 7.69. The van der Waals surface area contributed by atoms with Crippen LogP contribution in [0.15, 0.2) is 24.3 Å². The molecule has 0 spiro atoms. The molecule has 1 aromatic rings. The molecule has 1 heterocycles. The molecule has 1 aliphatic heterocycles. The summed E-state index contributed by atoms with van der Waals surface area (Å²) in [6, 6.07) is 5.66. The van der Waals surface area contributed by atoms with Gasteiger partial charge in [0, 0.05) is 16.6 Å². The average Bonchev–Trinajstić information content (AvgIpc) is 2.19. The van der Waals surface area contributed by atoms with Gasteiger partial charge in [-0.15, -0.1) is 0 Å². The lowest BCUT2D eigenvalue weighted by Crippen LogP contribution is -2.20. The SMILES string of the molecule is Clc1ccc(C2=CCNCC2)c(Cl)c1. The second-order valence-corrected chi connectivity index (χ2v) is 4.15. The van der Waals surface area contributed by atoms with Crippen molar-refractivity contribution >= 4 is 28.8 Å². The molecule has 0 unspecified atom stereocenters. The van der Waals surface area contributed by atoms with Gasteiger partial charge >= 0.3 is 0 Å². The van der Waals surface area contributed by atoms with Gasteiger partial charge in [0.2, 0.25) is 0 Å². The van der Waals surface area contributed by atoms with Crippen LogP contribution in [0, 0.1) is 0 Å². The predicted molar refractivity (Wildman–Crippen MR) is 61.9 cm³/mol. The Labute approximate surface area is 93.7 Å². The van der Waals surface area contributed by atoms with Crippen molar-refractivity contribution in [1.29, 1.82) is 0 Å². The summed E-state index contributed by atoms with van der Waals surface area (Å²) < 4.78 is 0. The largest absolute Gasteiger partial charge is 0.313 e. The fraction of sp³-hybridized carbons (Fsp3) is 0.273. The Morgan fingerprint density at radius 3 is 2.71 bits per heavy atom. The number of benzene rings is 1. The number of hydrogen-bond acceptors (Lipinski definition) is 1. The normalized spacial score (nSPS) is 16.6. The molecule has 74 valence electrons. The Hall–Kier alpha value is -0.500. The van der Waals surface area contributed by atoms with E-state index in [1.54, 1.807) is 6.07 Å². The maximum absolute atomic E-state index is 6.12. The molecule has 0 amide bonds. The summed E-state index contributed by atoms with van der Waals surface area (Å²) in [7, 11) is 0. The number of rotatable bonds is 1. The Bertz CT molecular complexity index is 372. The summed E-state index contributed by atoms with van der Waals surface area (Å²) in [6.07, 6.45) is 3.21. The van der Waals surface area contributed by atoms with E-state index in [1.165, 1.54) is 5.57 Å². The van der Waals surface area contributed by atoms with Crippen molar-refractivity contribution in [2.24, 2.45) is 0 Å². The molecule has 0 saturated heterocycles. The van der Waals surface area contributed by atoms with Crippen molar-refractivity contribution in [3.63, 3.8) is 0 Å². The molecule has 0 atom stereocenters. The van der Waals surface area contributed by atoms with Gasteiger partial charge in [-0.05, 0) is 36.2 Å². The third kappa shape index (κ3) is 2.11.